The van der Waals surface area contributed by atoms with Gasteiger partial charge in [0, 0.05) is 12.0 Å². The van der Waals surface area contributed by atoms with E-state index in [2.05, 4.69) is 33.8 Å². The van der Waals surface area contributed by atoms with E-state index in [0.717, 1.165) is 12.0 Å². The van der Waals surface area contributed by atoms with Gasteiger partial charge in [-0.2, -0.15) is 0 Å². The first-order chi connectivity index (χ1) is 7.50. The lowest BCUT2D eigenvalue weighted by Gasteiger charge is -2.18. The monoisotopic (exact) mass is 218 g/mol. The van der Waals surface area contributed by atoms with Gasteiger partial charge >= 0.3 is 0 Å². The lowest BCUT2D eigenvalue weighted by molar-refractivity contribution is -0.116. The highest BCUT2D eigenvalue weighted by Crippen LogP contribution is 2.44. The van der Waals surface area contributed by atoms with E-state index in [1.807, 2.05) is 0 Å². The SMILES string of the molecule is CC(C)=C1C=C2C(CC[C@@H]2C)[C@@H](C)CC1=O. The molecule has 88 valence electrons. The molecule has 0 spiro atoms. The van der Waals surface area contributed by atoms with Crippen LogP contribution in [0.2, 0.25) is 0 Å². The van der Waals surface area contributed by atoms with Gasteiger partial charge in [-0.25, -0.2) is 0 Å². The Labute approximate surface area is 98.6 Å². The summed E-state index contributed by atoms with van der Waals surface area (Å²) in [4.78, 5) is 12.1. The molecule has 1 saturated carbocycles. The zero-order valence-corrected chi connectivity index (χ0v) is 10.8. The van der Waals surface area contributed by atoms with Crippen molar-refractivity contribution in [3.8, 4) is 0 Å². The van der Waals surface area contributed by atoms with Gasteiger partial charge in [-0.3, -0.25) is 4.79 Å². The van der Waals surface area contributed by atoms with E-state index < -0.39 is 0 Å². The van der Waals surface area contributed by atoms with Gasteiger partial charge in [0.1, 0.15) is 0 Å². The highest BCUT2D eigenvalue weighted by atomic mass is 16.1. The summed E-state index contributed by atoms with van der Waals surface area (Å²) in [5, 5.41) is 0. The first kappa shape index (κ1) is 11.6. The third kappa shape index (κ3) is 1.88. The summed E-state index contributed by atoms with van der Waals surface area (Å²) in [6, 6.07) is 0. The summed E-state index contributed by atoms with van der Waals surface area (Å²) in [7, 11) is 0. The fourth-order valence-electron chi connectivity index (χ4n) is 3.21. The van der Waals surface area contributed by atoms with Crippen LogP contribution in [0.1, 0.15) is 47.0 Å². The molecule has 2 aliphatic carbocycles. The van der Waals surface area contributed by atoms with Crippen molar-refractivity contribution in [3.05, 3.63) is 22.8 Å². The molecule has 3 atom stereocenters. The second-order valence-electron chi connectivity index (χ2n) is 5.75. The number of fused-ring (bicyclic) bond motifs is 1. The van der Waals surface area contributed by atoms with Crippen molar-refractivity contribution >= 4 is 5.78 Å². The Morgan fingerprint density at radius 1 is 1.25 bits per heavy atom. The van der Waals surface area contributed by atoms with E-state index in [9.17, 15) is 4.79 Å². The quantitative estimate of drug-likeness (QED) is 0.563. The lowest BCUT2D eigenvalue weighted by atomic mass is 9.86. The van der Waals surface area contributed by atoms with Crippen molar-refractivity contribution in [1.29, 1.82) is 0 Å². The predicted octanol–water partition coefficient (Wildman–Crippen LogP) is 3.90. The highest BCUT2D eigenvalue weighted by molar-refractivity contribution is 5.99. The molecule has 2 rings (SSSR count). The second kappa shape index (κ2) is 4.20. The van der Waals surface area contributed by atoms with Crippen LogP contribution in [0, 0.1) is 17.8 Å². The van der Waals surface area contributed by atoms with Gasteiger partial charge in [-0.15, -0.1) is 0 Å². The third-order valence-electron chi connectivity index (χ3n) is 4.25. The standard InChI is InChI=1S/C15H22O/c1-9(2)13-8-14-10(3)5-6-12(14)11(4)7-15(13)16/h8,10-12H,5-7H2,1-4H3/t10-,11-,12?/m0/s1. The zero-order valence-electron chi connectivity index (χ0n) is 10.8. The van der Waals surface area contributed by atoms with Crippen LogP contribution in [-0.2, 0) is 4.79 Å². The van der Waals surface area contributed by atoms with Crippen molar-refractivity contribution in [2.24, 2.45) is 17.8 Å². The molecule has 1 unspecified atom stereocenters. The summed E-state index contributed by atoms with van der Waals surface area (Å²) >= 11 is 0. The van der Waals surface area contributed by atoms with Crippen LogP contribution < -0.4 is 0 Å². The fourth-order valence-corrected chi connectivity index (χ4v) is 3.21. The predicted molar refractivity (Wildman–Crippen MR) is 67.1 cm³/mol. The molecule has 1 heteroatoms. The molecule has 0 bridgehead atoms. The summed E-state index contributed by atoms with van der Waals surface area (Å²) in [5.74, 6) is 2.21. The van der Waals surface area contributed by atoms with Crippen LogP contribution >= 0.6 is 0 Å². The molecule has 0 aromatic carbocycles. The molecule has 16 heavy (non-hydrogen) atoms. The molecule has 0 radical (unpaired) electrons. The molecule has 0 aliphatic heterocycles. The van der Waals surface area contributed by atoms with Crippen LogP contribution in [0.25, 0.3) is 0 Å². The average Bonchev–Trinajstić information content (AvgIpc) is 2.49. The van der Waals surface area contributed by atoms with Crippen LogP contribution in [-0.4, -0.2) is 5.78 Å². The van der Waals surface area contributed by atoms with E-state index >= 15 is 0 Å². The van der Waals surface area contributed by atoms with E-state index in [1.165, 1.54) is 24.0 Å². The molecule has 0 N–H and O–H groups in total. The first-order valence-corrected chi connectivity index (χ1v) is 6.43. The topological polar surface area (TPSA) is 17.1 Å². The molecule has 0 aromatic rings. The van der Waals surface area contributed by atoms with E-state index in [-0.39, 0.29) is 0 Å². The maximum absolute atomic E-state index is 12.1. The Balaban J connectivity index is 2.46. The molecular formula is C15H22O. The normalized spacial score (nSPS) is 34.5. The van der Waals surface area contributed by atoms with Crippen molar-refractivity contribution < 1.29 is 4.79 Å². The molecular weight excluding hydrogens is 196 g/mol. The lowest BCUT2D eigenvalue weighted by Crippen LogP contribution is -2.12. The summed E-state index contributed by atoms with van der Waals surface area (Å²) in [6.45, 7) is 8.64. The summed E-state index contributed by atoms with van der Waals surface area (Å²) in [5.41, 5.74) is 3.69. The van der Waals surface area contributed by atoms with Gasteiger partial charge in [0.2, 0.25) is 0 Å². The molecule has 1 fully saturated rings. The van der Waals surface area contributed by atoms with Crippen molar-refractivity contribution in [1.82, 2.24) is 0 Å². The van der Waals surface area contributed by atoms with Crippen LogP contribution in [0.3, 0.4) is 0 Å². The van der Waals surface area contributed by atoms with Gasteiger partial charge in [-0.1, -0.05) is 31.1 Å². The summed E-state index contributed by atoms with van der Waals surface area (Å²) in [6.07, 6.45) is 5.52. The van der Waals surface area contributed by atoms with Crippen molar-refractivity contribution in [2.75, 3.05) is 0 Å². The molecule has 0 aromatic heterocycles. The van der Waals surface area contributed by atoms with Gasteiger partial charge < -0.3 is 0 Å². The van der Waals surface area contributed by atoms with Crippen LogP contribution in [0.5, 0.6) is 0 Å². The van der Waals surface area contributed by atoms with Gasteiger partial charge in [-0.05, 0) is 44.4 Å². The highest BCUT2D eigenvalue weighted by Gasteiger charge is 2.35. The van der Waals surface area contributed by atoms with Crippen molar-refractivity contribution in [2.45, 2.75) is 47.0 Å². The Morgan fingerprint density at radius 3 is 2.56 bits per heavy atom. The smallest absolute Gasteiger partial charge is 0.163 e. The van der Waals surface area contributed by atoms with Gasteiger partial charge in [0.15, 0.2) is 5.78 Å². The number of allylic oxidation sites excluding steroid dienone is 4. The molecule has 0 heterocycles. The number of carbonyl (C=O) groups is 1. The maximum Gasteiger partial charge on any atom is 0.163 e. The van der Waals surface area contributed by atoms with E-state index in [0.29, 0.717) is 23.5 Å². The average molecular weight is 218 g/mol. The fraction of sp³-hybridized carbons (Fsp3) is 0.667. The molecule has 1 nitrogen and oxygen atoms in total. The van der Waals surface area contributed by atoms with E-state index in [4.69, 9.17) is 0 Å². The molecule has 2 aliphatic rings. The second-order valence-corrected chi connectivity index (χ2v) is 5.75. The maximum atomic E-state index is 12.1. The number of hydrogen-bond acceptors (Lipinski definition) is 1. The number of hydrogen-bond donors (Lipinski definition) is 0. The minimum Gasteiger partial charge on any atom is -0.294 e. The Bertz CT molecular complexity index is 369. The number of ketones is 1. The number of carbonyl (C=O) groups excluding carboxylic acids is 1. The summed E-state index contributed by atoms with van der Waals surface area (Å²) < 4.78 is 0. The Kier molecular flexibility index (Phi) is 3.05. The van der Waals surface area contributed by atoms with Gasteiger partial charge in [0.25, 0.3) is 0 Å². The molecule has 0 saturated heterocycles. The molecule has 0 amide bonds. The van der Waals surface area contributed by atoms with Gasteiger partial charge in [0.05, 0.1) is 0 Å². The third-order valence-corrected chi connectivity index (χ3v) is 4.25. The minimum atomic E-state index is 0.349. The van der Waals surface area contributed by atoms with E-state index in [1.54, 1.807) is 0 Å². The zero-order chi connectivity index (χ0) is 11.9. The minimum absolute atomic E-state index is 0.349. The van der Waals surface area contributed by atoms with Crippen molar-refractivity contribution in [3.63, 3.8) is 0 Å². The first-order valence-electron chi connectivity index (χ1n) is 6.43. The van der Waals surface area contributed by atoms with Crippen LogP contribution in [0.4, 0.5) is 0 Å². The Morgan fingerprint density at radius 2 is 1.94 bits per heavy atom. The van der Waals surface area contributed by atoms with Crippen LogP contribution in [0.15, 0.2) is 22.8 Å². The largest absolute Gasteiger partial charge is 0.294 e. The Hall–Kier alpha value is -0.850. The number of rotatable bonds is 0. The number of Topliss-reactive ketones (excluding diaryl/α,β-unsaturated/α-hetero) is 1.